The fourth-order valence-corrected chi connectivity index (χ4v) is 3.98. The zero-order chi connectivity index (χ0) is 17.3. The van der Waals surface area contributed by atoms with Crippen LogP contribution in [0.25, 0.3) is 0 Å². The highest BCUT2D eigenvalue weighted by Crippen LogP contribution is 2.30. The van der Waals surface area contributed by atoms with Crippen LogP contribution in [0.4, 0.5) is 4.79 Å². The summed E-state index contributed by atoms with van der Waals surface area (Å²) in [4.78, 5) is 13.8. The lowest BCUT2D eigenvalue weighted by molar-refractivity contribution is -0.0316. The first-order valence-electron chi connectivity index (χ1n) is 8.17. The summed E-state index contributed by atoms with van der Waals surface area (Å²) in [6, 6.07) is -1.33. The summed E-state index contributed by atoms with van der Waals surface area (Å²) in [6.45, 7) is 2.04. The topological polar surface area (TPSA) is 135 Å². The van der Waals surface area contributed by atoms with Crippen LogP contribution in [0.3, 0.4) is 0 Å². The maximum Gasteiger partial charge on any atom is 0.418 e. The van der Waals surface area contributed by atoms with Gasteiger partial charge in [-0.1, -0.05) is 6.42 Å². The van der Waals surface area contributed by atoms with Gasteiger partial charge in [0, 0.05) is 19.1 Å². The number of carbonyl (C=O) groups excluding carboxylic acids is 1. The Bertz CT molecular complexity index is 604. The second kappa shape index (κ2) is 6.82. The van der Waals surface area contributed by atoms with Crippen LogP contribution in [0.15, 0.2) is 0 Å². The molecule has 0 aromatic carbocycles. The minimum atomic E-state index is -4.74. The fraction of sp³-hybridized carbons (Fsp3) is 0.846. The minimum Gasteiger partial charge on any atom is -0.368 e. The molecule has 0 aromatic rings. The van der Waals surface area contributed by atoms with Gasteiger partial charge < -0.3 is 15.5 Å². The molecule has 136 valence electrons. The number of amidine groups is 1. The van der Waals surface area contributed by atoms with E-state index in [-0.39, 0.29) is 18.4 Å². The smallest absolute Gasteiger partial charge is 0.368 e. The number of fused-ring (bicyclic) bond motifs is 2. The molecule has 0 saturated carbocycles. The standard InChI is InChI=1S/C13H23N5O5S/c14-12(16-9-3-1-2-6-15-7-9)11-5-4-10-8-17(11)13(19)18(10)23-24(20,21)22/h9-11,15H,1-8H2,(H2,14,16)(H,20,21,22)/t9?,10-,11+/m1/s1. The van der Waals surface area contributed by atoms with Crippen molar-refractivity contribution in [1.82, 2.24) is 20.6 Å². The monoisotopic (exact) mass is 361 g/mol. The Kier molecular flexibility index (Phi) is 4.95. The number of rotatable bonds is 4. The summed E-state index contributed by atoms with van der Waals surface area (Å²) in [5, 5.41) is 15.5. The third-order valence-corrected chi connectivity index (χ3v) is 5.09. The zero-order valence-corrected chi connectivity index (χ0v) is 14.1. The van der Waals surface area contributed by atoms with Gasteiger partial charge in [-0.15, -0.1) is 4.28 Å². The second-order valence-corrected chi connectivity index (χ2v) is 7.47. The van der Waals surface area contributed by atoms with Gasteiger partial charge in [-0.2, -0.15) is 13.5 Å². The molecular weight excluding hydrogens is 338 g/mol. The molecule has 3 heterocycles. The van der Waals surface area contributed by atoms with Crippen LogP contribution in [0.1, 0.15) is 32.1 Å². The van der Waals surface area contributed by atoms with Crippen LogP contribution in [-0.2, 0) is 14.7 Å². The summed E-state index contributed by atoms with van der Waals surface area (Å²) in [7, 11) is -4.74. The second-order valence-electron chi connectivity index (χ2n) is 6.46. The molecule has 0 radical (unpaired) electrons. The molecule has 0 spiro atoms. The van der Waals surface area contributed by atoms with E-state index in [9.17, 15) is 13.2 Å². The van der Waals surface area contributed by atoms with E-state index >= 15 is 0 Å². The molecule has 3 aliphatic rings. The number of carbonyl (C=O) groups is 1. The molecule has 3 fully saturated rings. The molecule has 2 bridgehead atoms. The van der Waals surface area contributed by atoms with Crippen molar-refractivity contribution in [2.75, 3.05) is 19.6 Å². The molecule has 1 unspecified atom stereocenters. The van der Waals surface area contributed by atoms with Crippen LogP contribution in [-0.4, -0.2) is 72.6 Å². The molecule has 10 nitrogen and oxygen atoms in total. The highest BCUT2D eigenvalue weighted by molar-refractivity contribution is 7.80. The van der Waals surface area contributed by atoms with Crippen molar-refractivity contribution in [3.05, 3.63) is 0 Å². The van der Waals surface area contributed by atoms with Crippen molar-refractivity contribution >= 4 is 22.3 Å². The van der Waals surface area contributed by atoms with Crippen molar-refractivity contribution < 1.29 is 22.0 Å². The minimum absolute atomic E-state index is 0.153. The Morgan fingerprint density at radius 2 is 2.12 bits per heavy atom. The molecule has 3 atom stereocenters. The van der Waals surface area contributed by atoms with Gasteiger partial charge in [0.05, 0.1) is 12.1 Å². The zero-order valence-electron chi connectivity index (χ0n) is 13.3. The number of urea groups is 1. The largest absolute Gasteiger partial charge is 0.418 e. The average Bonchev–Trinajstić information content (AvgIpc) is 2.72. The lowest BCUT2D eigenvalue weighted by Gasteiger charge is -2.32. The number of hydroxylamine groups is 2. The molecule has 24 heavy (non-hydrogen) atoms. The predicted molar refractivity (Wildman–Crippen MR) is 84.8 cm³/mol. The van der Waals surface area contributed by atoms with E-state index in [4.69, 9.17) is 9.96 Å². The molecule has 2 amide bonds. The summed E-state index contributed by atoms with van der Waals surface area (Å²) >= 11 is 0. The molecule has 11 heteroatoms. The van der Waals surface area contributed by atoms with Gasteiger partial charge in [-0.05, 0) is 32.2 Å². The van der Waals surface area contributed by atoms with Crippen LogP contribution in [0.2, 0.25) is 0 Å². The molecule has 3 saturated heterocycles. The SMILES string of the molecule is N=C(NC1CCCCNC1)[C@@H]1CC[C@@H]2CN1C(=O)N2OS(=O)(=O)O. The van der Waals surface area contributed by atoms with Gasteiger partial charge in [0.1, 0.15) is 5.84 Å². The van der Waals surface area contributed by atoms with Gasteiger partial charge >= 0.3 is 16.4 Å². The maximum atomic E-state index is 12.3. The van der Waals surface area contributed by atoms with Gasteiger partial charge in [-0.3, -0.25) is 9.96 Å². The summed E-state index contributed by atoms with van der Waals surface area (Å²) in [6.07, 6.45) is 4.23. The first-order valence-corrected chi connectivity index (χ1v) is 9.54. The van der Waals surface area contributed by atoms with Crippen LogP contribution in [0, 0.1) is 5.41 Å². The van der Waals surface area contributed by atoms with Crippen molar-refractivity contribution in [3.63, 3.8) is 0 Å². The molecule has 3 aliphatic heterocycles. The van der Waals surface area contributed by atoms with E-state index in [1.54, 1.807) is 0 Å². The normalized spacial score (nSPS) is 31.0. The summed E-state index contributed by atoms with van der Waals surface area (Å²) in [5.74, 6) is 0.268. The van der Waals surface area contributed by atoms with Gasteiger partial charge in [0.2, 0.25) is 0 Å². The Balaban J connectivity index is 1.63. The number of nitrogens with one attached hydrogen (secondary N) is 3. The van der Waals surface area contributed by atoms with E-state index < -0.39 is 28.5 Å². The summed E-state index contributed by atoms with van der Waals surface area (Å²) in [5.41, 5.74) is 0. The Morgan fingerprint density at radius 1 is 1.33 bits per heavy atom. The highest BCUT2D eigenvalue weighted by atomic mass is 32.3. The molecule has 4 N–H and O–H groups in total. The first-order chi connectivity index (χ1) is 11.3. The molecule has 3 rings (SSSR count). The quantitative estimate of drug-likeness (QED) is 0.307. The number of amides is 2. The van der Waals surface area contributed by atoms with Crippen LogP contribution >= 0.6 is 0 Å². The highest BCUT2D eigenvalue weighted by Gasteiger charge is 2.48. The van der Waals surface area contributed by atoms with Crippen molar-refractivity contribution in [1.29, 1.82) is 5.41 Å². The lowest BCUT2D eigenvalue weighted by atomic mass is 9.99. The Hall–Kier alpha value is -1.43. The van der Waals surface area contributed by atoms with Crippen molar-refractivity contribution in [2.45, 2.75) is 50.2 Å². The number of hydrogen-bond donors (Lipinski definition) is 4. The fourth-order valence-electron chi connectivity index (χ4n) is 3.59. The number of hydrogen-bond acceptors (Lipinski definition) is 6. The Labute approximate surface area is 140 Å². The molecule has 0 aliphatic carbocycles. The maximum absolute atomic E-state index is 12.3. The van der Waals surface area contributed by atoms with E-state index in [0.29, 0.717) is 17.9 Å². The van der Waals surface area contributed by atoms with Crippen molar-refractivity contribution in [2.24, 2.45) is 0 Å². The van der Waals surface area contributed by atoms with Crippen LogP contribution < -0.4 is 10.6 Å². The van der Waals surface area contributed by atoms with Crippen LogP contribution in [0.5, 0.6) is 0 Å². The third kappa shape index (κ3) is 3.79. The van der Waals surface area contributed by atoms with E-state index in [1.165, 1.54) is 4.90 Å². The van der Waals surface area contributed by atoms with Gasteiger partial charge in [0.25, 0.3) is 0 Å². The van der Waals surface area contributed by atoms with E-state index in [0.717, 1.165) is 32.4 Å². The molecular formula is C13H23N5O5S. The average molecular weight is 361 g/mol. The number of nitrogens with zero attached hydrogens (tertiary/aromatic N) is 2. The molecule has 0 aromatic heterocycles. The Morgan fingerprint density at radius 3 is 2.88 bits per heavy atom. The third-order valence-electron chi connectivity index (χ3n) is 4.74. The van der Waals surface area contributed by atoms with Gasteiger partial charge in [-0.25, -0.2) is 4.79 Å². The first kappa shape index (κ1) is 17.4. The van der Waals surface area contributed by atoms with Crippen molar-refractivity contribution in [3.8, 4) is 0 Å². The van der Waals surface area contributed by atoms with E-state index in [1.807, 2.05) is 0 Å². The lowest BCUT2D eigenvalue weighted by Crippen LogP contribution is -2.53. The predicted octanol–water partition coefficient (Wildman–Crippen LogP) is -0.302. The van der Waals surface area contributed by atoms with Gasteiger partial charge in [0.15, 0.2) is 0 Å². The van der Waals surface area contributed by atoms with E-state index in [2.05, 4.69) is 14.9 Å². The summed E-state index contributed by atoms with van der Waals surface area (Å²) < 4.78 is 35.0. The number of piperidine rings is 1.